The number of piperidine rings is 1. The van der Waals surface area contributed by atoms with E-state index < -0.39 is 11.6 Å². The molecule has 26 heavy (non-hydrogen) atoms. The highest BCUT2D eigenvalue weighted by Crippen LogP contribution is 2.41. The lowest BCUT2D eigenvalue weighted by Crippen LogP contribution is -2.47. The topological polar surface area (TPSA) is 52.6 Å². The smallest absolute Gasteiger partial charge is 0.225 e. The second kappa shape index (κ2) is 7.87. The molecule has 0 radical (unpaired) electrons. The summed E-state index contributed by atoms with van der Waals surface area (Å²) < 4.78 is 15.5. The number of nitrogens with one attached hydrogen (secondary N) is 1. The van der Waals surface area contributed by atoms with Crippen LogP contribution < -0.4 is 5.32 Å². The number of aromatic hydroxyl groups is 1. The largest absolute Gasteiger partial charge is 0.508 e. The van der Waals surface area contributed by atoms with Crippen molar-refractivity contribution < 1.29 is 14.3 Å². The van der Waals surface area contributed by atoms with Gasteiger partial charge in [0.1, 0.15) is 11.4 Å². The molecule has 2 aromatic carbocycles. The zero-order chi connectivity index (χ0) is 18.6. The fourth-order valence-electron chi connectivity index (χ4n) is 3.42. The first-order chi connectivity index (χ1) is 12.5. The summed E-state index contributed by atoms with van der Waals surface area (Å²) in [4.78, 5) is 14.1. The molecule has 1 heterocycles. The summed E-state index contributed by atoms with van der Waals surface area (Å²) in [6.45, 7) is 5.60. The van der Waals surface area contributed by atoms with E-state index in [0.717, 1.165) is 5.69 Å². The number of phenolic OH excluding ortho intramolecular Hbond substituents is 1. The van der Waals surface area contributed by atoms with Gasteiger partial charge in [-0.05, 0) is 42.8 Å². The van der Waals surface area contributed by atoms with Crippen LogP contribution >= 0.6 is 0 Å². The van der Waals surface area contributed by atoms with Crippen LogP contribution in [0.3, 0.4) is 0 Å². The van der Waals surface area contributed by atoms with E-state index in [1.54, 1.807) is 12.1 Å². The minimum absolute atomic E-state index is 0.0538. The van der Waals surface area contributed by atoms with Crippen molar-refractivity contribution in [2.45, 2.75) is 18.5 Å². The highest BCUT2D eigenvalue weighted by molar-refractivity contribution is 5.90. The summed E-state index contributed by atoms with van der Waals surface area (Å²) in [5, 5.41) is 12.5. The van der Waals surface area contributed by atoms with Crippen molar-refractivity contribution in [3.8, 4) is 5.75 Å². The van der Waals surface area contributed by atoms with Crippen molar-refractivity contribution >= 4 is 11.6 Å². The Balaban J connectivity index is 1.53. The van der Waals surface area contributed by atoms with Gasteiger partial charge >= 0.3 is 0 Å². The number of halogens is 1. The Hall–Kier alpha value is -2.40. The van der Waals surface area contributed by atoms with Crippen LogP contribution in [0.4, 0.5) is 10.1 Å². The van der Waals surface area contributed by atoms with E-state index in [-0.39, 0.29) is 11.7 Å². The predicted molar refractivity (Wildman–Crippen MR) is 100 cm³/mol. The molecular formula is C21H24FN2O2-. The van der Waals surface area contributed by atoms with Gasteiger partial charge in [-0.1, -0.05) is 30.3 Å². The number of hydrogen-bond donors (Lipinski definition) is 2. The second-order valence-corrected chi connectivity index (χ2v) is 6.82. The molecule has 2 N–H and O–H groups in total. The molecule has 0 aromatic heterocycles. The van der Waals surface area contributed by atoms with E-state index in [1.807, 2.05) is 30.3 Å². The standard InChI is InChI=1S/C21H24FN2O2/c1-16-15-24(12-10-20(26)23-18-7-3-2-4-8-18)13-11-21(16,22)17-6-5-9-19(25)14-17/h2-9,14,16,25H,1,10-13,15H2,(H,23,26)/q-1. The van der Waals surface area contributed by atoms with Crippen molar-refractivity contribution in [3.63, 3.8) is 0 Å². The van der Waals surface area contributed by atoms with E-state index in [2.05, 4.69) is 17.1 Å². The number of para-hydroxylation sites is 1. The summed E-state index contributed by atoms with van der Waals surface area (Å²) in [6, 6.07) is 15.7. The quantitative estimate of drug-likeness (QED) is 0.804. The normalized spacial score (nSPS) is 23.5. The number of rotatable bonds is 5. The van der Waals surface area contributed by atoms with Crippen molar-refractivity contribution in [1.82, 2.24) is 4.90 Å². The van der Waals surface area contributed by atoms with Gasteiger partial charge in [-0.3, -0.25) is 4.79 Å². The van der Waals surface area contributed by atoms with Gasteiger partial charge in [0.05, 0.1) is 0 Å². The zero-order valence-electron chi connectivity index (χ0n) is 14.7. The minimum Gasteiger partial charge on any atom is -0.508 e. The Morgan fingerprint density at radius 2 is 2.04 bits per heavy atom. The highest BCUT2D eigenvalue weighted by Gasteiger charge is 2.38. The van der Waals surface area contributed by atoms with Crippen molar-refractivity contribution in [1.29, 1.82) is 0 Å². The molecule has 1 aliphatic heterocycles. The molecule has 0 saturated carbocycles. The molecule has 1 saturated heterocycles. The molecule has 2 aromatic rings. The Bertz CT molecular complexity index is 753. The van der Waals surface area contributed by atoms with E-state index >= 15 is 4.39 Å². The lowest BCUT2D eigenvalue weighted by Gasteiger charge is -2.45. The zero-order valence-corrected chi connectivity index (χ0v) is 14.7. The lowest BCUT2D eigenvalue weighted by molar-refractivity contribution is -0.116. The molecular weight excluding hydrogens is 331 g/mol. The van der Waals surface area contributed by atoms with E-state index in [9.17, 15) is 9.90 Å². The number of likely N-dealkylation sites (tertiary alicyclic amines) is 1. The highest BCUT2D eigenvalue weighted by atomic mass is 19.1. The molecule has 5 heteroatoms. The summed E-state index contributed by atoms with van der Waals surface area (Å²) in [5.74, 6) is -0.455. The summed E-state index contributed by atoms with van der Waals surface area (Å²) >= 11 is 0. The number of carbonyl (C=O) groups excluding carboxylic acids is 1. The first-order valence-corrected chi connectivity index (χ1v) is 8.86. The first-order valence-electron chi connectivity index (χ1n) is 8.86. The average Bonchev–Trinajstić information content (AvgIpc) is 2.63. The average molecular weight is 355 g/mol. The maximum atomic E-state index is 15.5. The second-order valence-electron chi connectivity index (χ2n) is 6.82. The maximum absolute atomic E-state index is 15.5. The number of anilines is 1. The Morgan fingerprint density at radius 3 is 2.73 bits per heavy atom. The van der Waals surface area contributed by atoms with Crippen LogP contribution in [0.15, 0.2) is 54.6 Å². The van der Waals surface area contributed by atoms with Crippen molar-refractivity contribution in [3.05, 3.63) is 67.1 Å². The van der Waals surface area contributed by atoms with Crippen LogP contribution in [0, 0.1) is 12.8 Å². The Labute approximate surface area is 153 Å². The fraction of sp³-hybridized carbons (Fsp3) is 0.333. The Morgan fingerprint density at radius 1 is 1.27 bits per heavy atom. The molecule has 4 nitrogen and oxygen atoms in total. The molecule has 1 amide bonds. The van der Waals surface area contributed by atoms with Gasteiger partial charge in [0.25, 0.3) is 0 Å². The molecule has 2 atom stereocenters. The number of hydrogen-bond acceptors (Lipinski definition) is 3. The van der Waals surface area contributed by atoms with Gasteiger partial charge in [-0.2, -0.15) is 0 Å². The van der Waals surface area contributed by atoms with Gasteiger partial charge in [0, 0.05) is 25.2 Å². The lowest BCUT2D eigenvalue weighted by atomic mass is 9.78. The monoisotopic (exact) mass is 355 g/mol. The van der Waals surface area contributed by atoms with Gasteiger partial charge in [0.2, 0.25) is 5.91 Å². The van der Waals surface area contributed by atoms with Crippen LogP contribution in [-0.2, 0) is 10.5 Å². The van der Waals surface area contributed by atoms with Crippen molar-refractivity contribution in [2.24, 2.45) is 5.92 Å². The van der Waals surface area contributed by atoms with Crippen LogP contribution in [0.1, 0.15) is 18.4 Å². The van der Waals surface area contributed by atoms with Gasteiger partial charge in [0.15, 0.2) is 0 Å². The number of nitrogens with zero attached hydrogens (tertiary/aromatic N) is 1. The predicted octanol–water partition coefficient (Wildman–Crippen LogP) is 3.74. The molecule has 138 valence electrons. The third-order valence-electron chi connectivity index (χ3n) is 4.96. The third-order valence-corrected chi connectivity index (χ3v) is 4.96. The Kier molecular flexibility index (Phi) is 5.57. The minimum atomic E-state index is -1.55. The third kappa shape index (κ3) is 4.22. The first kappa shape index (κ1) is 18.4. The molecule has 3 rings (SSSR count). The number of amides is 1. The number of phenols is 1. The molecule has 0 bridgehead atoms. The number of carbonyl (C=O) groups is 1. The van der Waals surface area contributed by atoms with E-state index in [1.165, 1.54) is 12.1 Å². The molecule has 1 aliphatic rings. The summed E-state index contributed by atoms with van der Waals surface area (Å²) in [7, 11) is 0. The molecule has 0 spiro atoms. The maximum Gasteiger partial charge on any atom is 0.225 e. The molecule has 2 unspecified atom stereocenters. The van der Waals surface area contributed by atoms with Crippen LogP contribution in [-0.4, -0.2) is 35.5 Å². The molecule has 1 fully saturated rings. The number of alkyl halides is 1. The SMILES string of the molecule is [CH2-]C1CN(CCC(=O)Nc2ccccc2)CCC1(F)c1cccc(O)c1. The van der Waals surface area contributed by atoms with Crippen molar-refractivity contribution in [2.75, 3.05) is 25.0 Å². The van der Waals surface area contributed by atoms with Crippen LogP contribution in [0.5, 0.6) is 5.75 Å². The van der Waals surface area contributed by atoms with Gasteiger partial charge in [-0.25, -0.2) is 4.39 Å². The van der Waals surface area contributed by atoms with Crippen LogP contribution in [0.25, 0.3) is 0 Å². The molecule has 0 aliphatic carbocycles. The van der Waals surface area contributed by atoms with E-state index in [0.29, 0.717) is 38.0 Å². The van der Waals surface area contributed by atoms with Crippen LogP contribution in [0.2, 0.25) is 0 Å². The number of benzene rings is 2. The van der Waals surface area contributed by atoms with Gasteiger partial charge < -0.3 is 22.2 Å². The van der Waals surface area contributed by atoms with E-state index in [4.69, 9.17) is 0 Å². The fourth-order valence-corrected chi connectivity index (χ4v) is 3.42. The summed E-state index contributed by atoms with van der Waals surface area (Å²) in [6.07, 6.45) is 0.651. The summed E-state index contributed by atoms with van der Waals surface area (Å²) in [5.41, 5.74) is -0.307. The van der Waals surface area contributed by atoms with Gasteiger partial charge in [-0.15, -0.1) is 5.92 Å².